The van der Waals surface area contributed by atoms with Crippen LogP contribution >= 0.6 is 0 Å². The Morgan fingerprint density at radius 1 is 0.586 bits per heavy atom. The molecule has 2 aromatic rings. The van der Waals surface area contributed by atoms with E-state index in [0.717, 1.165) is 11.4 Å². The molecule has 4 nitrogen and oxygen atoms in total. The second-order valence-electron chi connectivity index (χ2n) is 8.92. The molecule has 4 N–H and O–H groups in total. The van der Waals surface area contributed by atoms with Crippen LogP contribution in [0.15, 0.2) is 48.5 Å². The maximum Gasteiger partial charge on any atom is 0.0314 e. The molecule has 156 valence electrons. The quantitative estimate of drug-likeness (QED) is 0.720. The van der Waals surface area contributed by atoms with Crippen molar-refractivity contribution in [1.82, 2.24) is 9.80 Å². The standard InChI is InChI=1S/C25H36N4/c26-24-6-2-20(3-7-24)22-10-16-28(17-11-22)14-1-15-29-18-12-23(13-19-29)21-4-8-25(27)9-5-21/h2-9,22-23H,1,10-19,26-27H2. The van der Waals surface area contributed by atoms with Gasteiger partial charge in [-0.15, -0.1) is 0 Å². The van der Waals surface area contributed by atoms with Crippen LogP contribution in [0.1, 0.15) is 55.1 Å². The van der Waals surface area contributed by atoms with Crippen LogP contribution in [-0.4, -0.2) is 49.1 Å². The fraction of sp³-hybridized carbons (Fsp3) is 0.520. The summed E-state index contributed by atoms with van der Waals surface area (Å²) in [5.41, 5.74) is 16.3. The van der Waals surface area contributed by atoms with Crippen molar-refractivity contribution in [2.45, 2.75) is 43.9 Å². The third-order valence-corrected chi connectivity index (χ3v) is 6.94. The Morgan fingerprint density at radius 2 is 0.931 bits per heavy atom. The number of nitrogen functional groups attached to an aromatic ring is 2. The first-order chi connectivity index (χ1) is 14.2. The van der Waals surface area contributed by atoms with E-state index in [1.54, 1.807) is 0 Å². The van der Waals surface area contributed by atoms with E-state index >= 15 is 0 Å². The van der Waals surface area contributed by atoms with Crippen LogP contribution in [0.25, 0.3) is 0 Å². The molecule has 0 bridgehead atoms. The number of likely N-dealkylation sites (tertiary alicyclic amines) is 2. The minimum Gasteiger partial charge on any atom is -0.399 e. The average Bonchev–Trinajstić information content (AvgIpc) is 2.76. The molecule has 2 fully saturated rings. The molecule has 29 heavy (non-hydrogen) atoms. The summed E-state index contributed by atoms with van der Waals surface area (Å²) < 4.78 is 0. The molecular weight excluding hydrogens is 356 g/mol. The van der Waals surface area contributed by atoms with Crippen LogP contribution in [0.3, 0.4) is 0 Å². The zero-order valence-corrected chi connectivity index (χ0v) is 17.6. The van der Waals surface area contributed by atoms with E-state index in [-0.39, 0.29) is 0 Å². The molecular formula is C25H36N4. The van der Waals surface area contributed by atoms with E-state index in [1.807, 2.05) is 24.3 Å². The summed E-state index contributed by atoms with van der Waals surface area (Å²) in [4.78, 5) is 5.32. The Hall–Kier alpha value is -2.04. The van der Waals surface area contributed by atoms with Gasteiger partial charge in [-0.1, -0.05) is 24.3 Å². The molecule has 0 spiro atoms. The van der Waals surface area contributed by atoms with E-state index < -0.39 is 0 Å². The highest BCUT2D eigenvalue weighted by Crippen LogP contribution is 2.30. The molecule has 0 radical (unpaired) electrons. The SMILES string of the molecule is Nc1ccc(C2CCN(CCCN3CCC(c4ccc(N)cc4)CC3)CC2)cc1. The van der Waals surface area contributed by atoms with Gasteiger partial charge in [-0.25, -0.2) is 0 Å². The summed E-state index contributed by atoms with van der Waals surface area (Å²) in [6.45, 7) is 7.41. The van der Waals surface area contributed by atoms with Crippen LogP contribution in [0.5, 0.6) is 0 Å². The van der Waals surface area contributed by atoms with Crippen LogP contribution < -0.4 is 11.5 Å². The van der Waals surface area contributed by atoms with Crippen molar-refractivity contribution in [1.29, 1.82) is 0 Å². The third-order valence-electron chi connectivity index (χ3n) is 6.94. The normalized spacial score (nSPS) is 20.1. The number of benzene rings is 2. The van der Waals surface area contributed by atoms with Gasteiger partial charge in [-0.05, 0) is 119 Å². The minimum atomic E-state index is 0.708. The molecule has 0 unspecified atom stereocenters. The van der Waals surface area contributed by atoms with Gasteiger partial charge in [0.15, 0.2) is 0 Å². The van der Waals surface area contributed by atoms with Crippen molar-refractivity contribution in [3.8, 4) is 0 Å². The highest BCUT2D eigenvalue weighted by Gasteiger charge is 2.22. The van der Waals surface area contributed by atoms with Gasteiger partial charge < -0.3 is 21.3 Å². The molecule has 2 aliphatic heterocycles. The van der Waals surface area contributed by atoms with Crippen molar-refractivity contribution in [3.05, 3.63) is 59.7 Å². The number of nitrogens with zero attached hydrogens (tertiary/aromatic N) is 2. The molecule has 0 atom stereocenters. The molecule has 0 saturated carbocycles. The second-order valence-corrected chi connectivity index (χ2v) is 8.92. The Balaban J connectivity index is 1.13. The lowest BCUT2D eigenvalue weighted by Gasteiger charge is -2.34. The van der Waals surface area contributed by atoms with Crippen molar-refractivity contribution < 1.29 is 0 Å². The van der Waals surface area contributed by atoms with E-state index in [4.69, 9.17) is 11.5 Å². The van der Waals surface area contributed by atoms with Crippen LogP contribution in [0.4, 0.5) is 11.4 Å². The van der Waals surface area contributed by atoms with E-state index in [9.17, 15) is 0 Å². The van der Waals surface area contributed by atoms with Gasteiger partial charge in [0, 0.05) is 11.4 Å². The van der Waals surface area contributed by atoms with Crippen molar-refractivity contribution >= 4 is 11.4 Å². The van der Waals surface area contributed by atoms with Crippen molar-refractivity contribution in [2.75, 3.05) is 50.7 Å². The number of hydrogen-bond donors (Lipinski definition) is 2. The first-order valence-corrected chi connectivity index (χ1v) is 11.3. The zero-order valence-electron chi connectivity index (χ0n) is 17.6. The van der Waals surface area contributed by atoms with Gasteiger partial charge in [-0.3, -0.25) is 0 Å². The lowest BCUT2D eigenvalue weighted by Crippen LogP contribution is -2.37. The van der Waals surface area contributed by atoms with E-state index in [1.165, 1.54) is 82.5 Å². The summed E-state index contributed by atoms with van der Waals surface area (Å²) in [5, 5.41) is 0. The topological polar surface area (TPSA) is 58.5 Å². The van der Waals surface area contributed by atoms with Crippen molar-refractivity contribution in [2.24, 2.45) is 0 Å². The van der Waals surface area contributed by atoms with Gasteiger partial charge in [-0.2, -0.15) is 0 Å². The molecule has 4 rings (SSSR count). The average molecular weight is 393 g/mol. The fourth-order valence-corrected chi connectivity index (χ4v) is 5.03. The summed E-state index contributed by atoms with van der Waals surface area (Å²) in [7, 11) is 0. The van der Waals surface area contributed by atoms with Gasteiger partial charge in [0.25, 0.3) is 0 Å². The Labute approximate surface area is 175 Å². The van der Waals surface area contributed by atoms with Gasteiger partial charge >= 0.3 is 0 Å². The van der Waals surface area contributed by atoms with Gasteiger partial charge in [0.2, 0.25) is 0 Å². The molecule has 0 amide bonds. The molecule has 0 aromatic heterocycles. The van der Waals surface area contributed by atoms with Crippen molar-refractivity contribution in [3.63, 3.8) is 0 Å². The maximum absolute atomic E-state index is 5.82. The Kier molecular flexibility index (Phi) is 6.73. The Bertz CT molecular complexity index is 674. The summed E-state index contributed by atoms with van der Waals surface area (Å²) in [6, 6.07) is 17.0. The van der Waals surface area contributed by atoms with E-state index in [2.05, 4.69) is 34.1 Å². The smallest absolute Gasteiger partial charge is 0.0314 e. The molecule has 2 aromatic carbocycles. The number of anilines is 2. The zero-order chi connectivity index (χ0) is 20.1. The number of nitrogens with two attached hydrogens (primary N) is 2. The Morgan fingerprint density at radius 3 is 1.28 bits per heavy atom. The molecule has 0 aliphatic carbocycles. The summed E-state index contributed by atoms with van der Waals surface area (Å²) in [5.74, 6) is 1.42. The van der Waals surface area contributed by atoms with E-state index in [0.29, 0.717) is 11.8 Å². The van der Waals surface area contributed by atoms with Crippen LogP contribution in [-0.2, 0) is 0 Å². The molecule has 2 heterocycles. The molecule has 4 heteroatoms. The van der Waals surface area contributed by atoms with Crippen LogP contribution in [0.2, 0.25) is 0 Å². The minimum absolute atomic E-state index is 0.708. The summed E-state index contributed by atoms with van der Waals surface area (Å²) in [6.07, 6.45) is 6.39. The van der Waals surface area contributed by atoms with Crippen LogP contribution in [0, 0.1) is 0 Å². The van der Waals surface area contributed by atoms with Gasteiger partial charge in [0.1, 0.15) is 0 Å². The third kappa shape index (κ3) is 5.52. The largest absolute Gasteiger partial charge is 0.399 e. The predicted molar refractivity (Wildman–Crippen MR) is 123 cm³/mol. The highest BCUT2D eigenvalue weighted by molar-refractivity contribution is 5.41. The lowest BCUT2D eigenvalue weighted by molar-refractivity contribution is 0.175. The first-order valence-electron chi connectivity index (χ1n) is 11.3. The number of rotatable bonds is 6. The summed E-state index contributed by atoms with van der Waals surface area (Å²) >= 11 is 0. The van der Waals surface area contributed by atoms with Gasteiger partial charge in [0.05, 0.1) is 0 Å². The maximum atomic E-state index is 5.82. The predicted octanol–water partition coefficient (Wildman–Crippen LogP) is 4.30. The number of hydrogen-bond acceptors (Lipinski definition) is 4. The molecule has 2 saturated heterocycles. The highest BCUT2D eigenvalue weighted by atomic mass is 15.2. The fourth-order valence-electron chi connectivity index (χ4n) is 5.03. The second kappa shape index (κ2) is 9.64. The monoisotopic (exact) mass is 392 g/mol. The molecule has 2 aliphatic rings. The number of piperidine rings is 2. The lowest BCUT2D eigenvalue weighted by atomic mass is 9.89. The first kappa shape index (κ1) is 20.2.